The Kier molecular flexibility index (Phi) is 6.48. The van der Waals surface area contributed by atoms with Gasteiger partial charge in [-0.15, -0.1) is 0 Å². The predicted octanol–water partition coefficient (Wildman–Crippen LogP) is -0.279. The maximum atomic E-state index is 11.0. The third-order valence-corrected chi connectivity index (χ3v) is 3.13. The number of ether oxygens (including phenoxy) is 3. The molecule has 0 unspecified atom stereocenters. The number of halogens is 3. The second-order valence-corrected chi connectivity index (χ2v) is 6.51. The Balaban J connectivity index is 2.93. The number of carbonyl (C=O) groups is 1. The van der Waals surface area contributed by atoms with Crippen molar-refractivity contribution in [3.05, 3.63) is 0 Å². The van der Waals surface area contributed by atoms with Gasteiger partial charge in [0.05, 0.1) is 6.61 Å². The van der Waals surface area contributed by atoms with Crippen molar-refractivity contribution in [3.8, 4) is 0 Å². The highest BCUT2D eigenvalue weighted by atomic mass is 35.6. The zero-order valence-corrected chi connectivity index (χ0v) is 13.0. The maximum Gasteiger partial charge on any atom is 0.305 e. The van der Waals surface area contributed by atoms with Gasteiger partial charge in [0, 0.05) is 6.92 Å². The van der Waals surface area contributed by atoms with E-state index in [1.165, 1.54) is 0 Å². The van der Waals surface area contributed by atoms with Crippen LogP contribution in [0.4, 0.5) is 0 Å². The van der Waals surface area contributed by atoms with Crippen molar-refractivity contribution >= 4 is 46.7 Å². The SMILES string of the molecule is CC(=O)O[C@H]1O[C@H](CO)[C@@H](O)[C@H](O)[C@@H]1OC(=N)C(Cl)(Cl)Cl. The fraction of sp³-hybridized carbons (Fsp3) is 0.800. The van der Waals surface area contributed by atoms with Gasteiger partial charge in [0.2, 0.25) is 12.2 Å². The average Bonchev–Trinajstić information content (AvgIpc) is 2.36. The van der Waals surface area contributed by atoms with Crippen LogP contribution in [-0.2, 0) is 19.0 Å². The van der Waals surface area contributed by atoms with Gasteiger partial charge >= 0.3 is 5.97 Å². The number of rotatable bonds is 3. The number of hydrogen-bond acceptors (Lipinski definition) is 8. The van der Waals surface area contributed by atoms with Gasteiger partial charge < -0.3 is 29.5 Å². The van der Waals surface area contributed by atoms with Gasteiger partial charge in [-0.1, -0.05) is 34.8 Å². The Bertz CT molecular complexity index is 403. The van der Waals surface area contributed by atoms with Crippen molar-refractivity contribution in [3.63, 3.8) is 0 Å². The van der Waals surface area contributed by atoms with Crippen molar-refractivity contribution in [1.82, 2.24) is 0 Å². The van der Waals surface area contributed by atoms with E-state index in [0.29, 0.717) is 0 Å². The summed E-state index contributed by atoms with van der Waals surface area (Å²) in [6, 6.07) is 0. The lowest BCUT2D eigenvalue weighted by Gasteiger charge is -2.41. The average molecular weight is 367 g/mol. The first-order chi connectivity index (χ1) is 9.57. The van der Waals surface area contributed by atoms with Crippen molar-refractivity contribution in [2.75, 3.05) is 6.61 Å². The zero-order chi connectivity index (χ0) is 16.4. The third-order valence-electron chi connectivity index (χ3n) is 2.62. The van der Waals surface area contributed by atoms with E-state index in [1.807, 2.05) is 0 Å². The van der Waals surface area contributed by atoms with Crippen LogP contribution in [0.3, 0.4) is 0 Å². The van der Waals surface area contributed by atoms with Crippen molar-refractivity contribution < 1.29 is 34.3 Å². The van der Waals surface area contributed by atoms with Gasteiger partial charge in [0.25, 0.3) is 3.79 Å². The van der Waals surface area contributed by atoms with E-state index in [4.69, 9.17) is 59.5 Å². The second kappa shape index (κ2) is 7.28. The van der Waals surface area contributed by atoms with E-state index in [-0.39, 0.29) is 0 Å². The second-order valence-electron chi connectivity index (χ2n) is 4.23. The third kappa shape index (κ3) is 4.82. The van der Waals surface area contributed by atoms with E-state index in [9.17, 15) is 15.0 Å². The van der Waals surface area contributed by atoms with E-state index in [0.717, 1.165) is 6.92 Å². The minimum atomic E-state index is -2.21. The van der Waals surface area contributed by atoms with Crippen LogP contribution in [0.5, 0.6) is 0 Å². The number of aliphatic hydroxyl groups is 3. The molecule has 0 bridgehead atoms. The Morgan fingerprint density at radius 1 is 1.29 bits per heavy atom. The molecule has 1 heterocycles. The zero-order valence-electron chi connectivity index (χ0n) is 10.7. The highest BCUT2D eigenvalue weighted by molar-refractivity contribution is 6.76. The molecule has 5 atom stereocenters. The lowest BCUT2D eigenvalue weighted by molar-refractivity contribution is -0.289. The molecular weight excluding hydrogens is 352 g/mol. The molecule has 21 heavy (non-hydrogen) atoms. The summed E-state index contributed by atoms with van der Waals surface area (Å²) < 4.78 is 12.6. The Morgan fingerprint density at radius 2 is 1.86 bits per heavy atom. The number of carbonyl (C=O) groups excluding carboxylic acids is 1. The summed E-state index contributed by atoms with van der Waals surface area (Å²) in [5, 5.41) is 36.2. The van der Waals surface area contributed by atoms with Crippen LogP contribution in [-0.4, -0.2) is 68.3 Å². The van der Waals surface area contributed by atoms with Gasteiger partial charge in [-0.2, -0.15) is 0 Å². The number of alkyl halides is 3. The van der Waals surface area contributed by atoms with Crippen LogP contribution in [0.2, 0.25) is 0 Å². The number of aliphatic hydroxyl groups excluding tert-OH is 3. The lowest BCUT2D eigenvalue weighted by atomic mass is 9.99. The first-order valence-electron chi connectivity index (χ1n) is 5.70. The summed E-state index contributed by atoms with van der Waals surface area (Å²) in [5.74, 6) is -1.62. The van der Waals surface area contributed by atoms with Gasteiger partial charge in [-0.05, 0) is 0 Å². The van der Waals surface area contributed by atoms with E-state index in [2.05, 4.69) is 0 Å². The Morgan fingerprint density at radius 3 is 2.29 bits per heavy atom. The molecule has 1 fully saturated rings. The largest absolute Gasteiger partial charge is 0.465 e. The molecule has 1 aliphatic heterocycles. The summed E-state index contributed by atoms with van der Waals surface area (Å²) in [6.45, 7) is 0.441. The fourth-order valence-electron chi connectivity index (χ4n) is 1.64. The molecule has 1 aliphatic rings. The van der Waals surface area contributed by atoms with E-state index in [1.54, 1.807) is 0 Å². The highest BCUT2D eigenvalue weighted by Gasteiger charge is 2.49. The van der Waals surface area contributed by atoms with Crippen LogP contribution >= 0.6 is 34.8 Å². The summed E-state index contributed by atoms with van der Waals surface area (Å²) >= 11 is 16.3. The number of hydrogen-bond donors (Lipinski definition) is 4. The van der Waals surface area contributed by atoms with Gasteiger partial charge in [-0.3, -0.25) is 10.2 Å². The van der Waals surface area contributed by atoms with Crippen molar-refractivity contribution in [2.45, 2.75) is 41.4 Å². The molecule has 1 saturated heterocycles. The molecule has 0 aromatic rings. The molecule has 8 nitrogen and oxygen atoms in total. The summed E-state index contributed by atoms with van der Waals surface area (Å²) in [6.07, 6.45) is -7.39. The molecule has 4 N–H and O–H groups in total. The summed E-state index contributed by atoms with van der Waals surface area (Å²) in [4.78, 5) is 11.0. The molecule has 1 rings (SSSR count). The molecule has 0 saturated carbocycles. The maximum absolute atomic E-state index is 11.0. The Labute approximate surface area is 134 Å². The smallest absolute Gasteiger partial charge is 0.305 e. The first-order valence-corrected chi connectivity index (χ1v) is 6.83. The molecule has 0 radical (unpaired) electrons. The molecule has 11 heteroatoms. The molecular formula is C10H14Cl3NO7. The topological polar surface area (TPSA) is 129 Å². The summed E-state index contributed by atoms with van der Waals surface area (Å²) in [5.41, 5.74) is 0. The molecule has 0 amide bonds. The number of esters is 1. The van der Waals surface area contributed by atoms with E-state index < -0.39 is 53.0 Å². The van der Waals surface area contributed by atoms with Crippen LogP contribution in [0.1, 0.15) is 6.92 Å². The minimum absolute atomic E-state index is 0.634. The molecule has 0 aromatic heterocycles. The van der Waals surface area contributed by atoms with Crippen molar-refractivity contribution in [2.24, 2.45) is 0 Å². The van der Waals surface area contributed by atoms with E-state index >= 15 is 0 Å². The van der Waals surface area contributed by atoms with Crippen LogP contribution in [0.15, 0.2) is 0 Å². The quantitative estimate of drug-likeness (QED) is 0.234. The fourth-order valence-corrected chi connectivity index (χ4v) is 1.78. The predicted molar refractivity (Wildman–Crippen MR) is 72.4 cm³/mol. The lowest BCUT2D eigenvalue weighted by Crippen LogP contribution is -2.61. The standard InChI is InChI=1S/C10H14Cl3NO7/c1-3(16)19-8-7(21-9(14)10(11,12)13)6(18)5(17)4(2-15)20-8/h4-8,14-15,17-18H,2H2,1H3/t4-,5-,6+,7+,8+/m1/s1. The van der Waals surface area contributed by atoms with Gasteiger partial charge in [0.15, 0.2) is 6.10 Å². The monoisotopic (exact) mass is 365 g/mol. The number of nitrogens with one attached hydrogen (secondary N) is 1. The van der Waals surface area contributed by atoms with Crippen LogP contribution < -0.4 is 0 Å². The highest BCUT2D eigenvalue weighted by Crippen LogP contribution is 2.31. The summed E-state index contributed by atoms with van der Waals surface area (Å²) in [7, 11) is 0. The molecule has 0 aliphatic carbocycles. The molecule has 122 valence electrons. The molecule has 0 spiro atoms. The van der Waals surface area contributed by atoms with Gasteiger partial charge in [0.1, 0.15) is 18.3 Å². The Hall–Kier alpha value is -0.350. The normalized spacial score (nSPS) is 33.4. The van der Waals surface area contributed by atoms with Gasteiger partial charge in [-0.25, -0.2) is 0 Å². The van der Waals surface area contributed by atoms with Crippen LogP contribution in [0.25, 0.3) is 0 Å². The van der Waals surface area contributed by atoms with Crippen molar-refractivity contribution in [1.29, 1.82) is 5.41 Å². The van der Waals surface area contributed by atoms with Crippen LogP contribution in [0, 0.1) is 5.41 Å². The molecule has 0 aromatic carbocycles. The minimum Gasteiger partial charge on any atom is -0.465 e. The first kappa shape index (κ1) is 18.7.